The summed E-state index contributed by atoms with van der Waals surface area (Å²) in [6.45, 7) is 3.97. The first kappa shape index (κ1) is 15.9. The van der Waals surface area contributed by atoms with Crippen molar-refractivity contribution in [2.75, 3.05) is 11.4 Å². The Hall–Kier alpha value is -2.55. The van der Waals surface area contributed by atoms with Crippen LogP contribution in [0.3, 0.4) is 0 Å². The quantitative estimate of drug-likeness (QED) is 0.510. The molecular weight excluding hydrogens is 331 g/mol. The SMILES string of the molecule is C[C@@H]1CN2c3nc(F)ccc3CC3(C(=O)NC(=O)NC3=O)[C@H]2[C@H](C)O1. The molecule has 1 spiro atoms. The molecule has 4 heterocycles. The van der Waals surface area contributed by atoms with E-state index < -0.39 is 41.4 Å². The van der Waals surface area contributed by atoms with Crippen molar-refractivity contribution in [3.05, 3.63) is 23.6 Å². The number of amides is 4. The summed E-state index contributed by atoms with van der Waals surface area (Å²) < 4.78 is 19.6. The van der Waals surface area contributed by atoms with Crippen molar-refractivity contribution in [2.24, 2.45) is 5.41 Å². The van der Waals surface area contributed by atoms with Crippen LogP contribution >= 0.6 is 0 Å². The fourth-order valence-corrected chi connectivity index (χ4v) is 4.25. The fraction of sp³-hybridized carbons (Fsp3) is 0.500. The lowest BCUT2D eigenvalue weighted by molar-refractivity contribution is -0.153. The van der Waals surface area contributed by atoms with Gasteiger partial charge in [-0.15, -0.1) is 0 Å². The molecule has 0 bridgehead atoms. The summed E-state index contributed by atoms with van der Waals surface area (Å²) >= 11 is 0. The van der Waals surface area contributed by atoms with Crippen molar-refractivity contribution in [3.63, 3.8) is 0 Å². The Labute approximate surface area is 142 Å². The maximum absolute atomic E-state index is 13.7. The van der Waals surface area contributed by atoms with Gasteiger partial charge < -0.3 is 9.64 Å². The molecule has 1 aromatic rings. The molecule has 0 unspecified atom stereocenters. The minimum Gasteiger partial charge on any atom is -0.372 e. The van der Waals surface area contributed by atoms with Gasteiger partial charge in [-0.2, -0.15) is 4.39 Å². The number of ether oxygens (including phenoxy) is 1. The van der Waals surface area contributed by atoms with Gasteiger partial charge >= 0.3 is 6.03 Å². The zero-order chi connectivity index (χ0) is 17.9. The van der Waals surface area contributed by atoms with Crippen LogP contribution in [0.1, 0.15) is 19.4 Å². The molecule has 9 heteroatoms. The van der Waals surface area contributed by atoms with Gasteiger partial charge in [0.1, 0.15) is 5.82 Å². The first-order valence-electron chi connectivity index (χ1n) is 8.07. The smallest absolute Gasteiger partial charge is 0.328 e. The van der Waals surface area contributed by atoms with Gasteiger partial charge in [-0.3, -0.25) is 20.2 Å². The third-order valence-corrected chi connectivity index (χ3v) is 5.11. The Kier molecular flexibility index (Phi) is 3.33. The van der Waals surface area contributed by atoms with E-state index >= 15 is 0 Å². The molecule has 3 atom stereocenters. The lowest BCUT2D eigenvalue weighted by Gasteiger charge is -2.54. The van der Waals surface area contributed by atoms with Gasteiger partial charge in [0.2, 0.25) is 17.8 Å². The molecule has 1 aromatic heterocycles. The summed E-state index contributed by atoms with van der Waals surface area (Å²) in [5, 5.41) is 4.38. The lowest BCUT2D eigenvalue weighted by atomic mass is 9.67. The number of urea groups is 1. The summed E-state index contributed by atoms with van der Waals surface area (Å²) in [5.41, 5.74) is -0.960. The number of fused-ring (bicyclic) bond motifs is 4. The summed E-state index contributed by atoms with van der Waals surface area (Å²) in [5.74, 6) is -1.56. The van der Waals surface area contributed by atoms with E-state index in [9.17, 15) is 18.8 Å². The maximum atomic E-state index is 13.7. The van der Waals surface area contributed by atoms with Gasteiger partial charge in [0, 0.05) is 13.0 Å². The molecule has 2 saturated heterocycles. The first-order valence-corrected chi connectivity index (χ1v) is 8.07. The maximum Gasteiger partial charge on any atom is 0.328 e. The number of anilines is 1. The topological polar surface area (TPSA) is 101 Å². The van der Waals surface area contributed by atoms with Crippen LogP contribution in [0, 0.1) is 11.4 Å². The van der Waals surface area contributed by atoms with Crippen molar-refractivity contribution in [3.8, 4) is 0 Å². The standard InChI is InChI=1S/C16H17FN4O4/c1-7-6-21-11(8(2)25-7)16(13(22)19-15(24)20-14(16)23)5-9-3-4-10(17)18-12(9)21/h3-4,7-8,11H,5-6H2,1-2H3,(H2,19,20,22,23,24)/t7-,8+,11-/m1/s1. The molecule has 0 aromatic carbocycles. The molecule has 0 aliphatic carbocycles. The van der Waals surface area contributed by atoms with E-state index in [1.54, 1.807) is 11.8 Å². The van der Waals surface area contributed by atoms with Crippen molar-refractivity contribution in [2.45, 2.75) is 38.5 Å². The number of morpholine rings is 1. The highest BCUT2D eigenvalue weighted by molar-refractivity contribution is 6.20. The molecule has 4 rings (SSSR count). The highest BCUT2D eigenvalue weighted by Gasteiger charge is 2.63. The predicted octanol–water partition coefficient (Wildman–Crippen LogP) is 0.111. The number of aromatic nitrogens is 1. The monoisotopic (exact) mass is 348 g/mol. The number of nitrogens with one attached hydrogen (secondary N) is 2. The number of hydrogen-bond donors (Lipinski definition) is 2. The minimum absolute atomic E-state index is 0.0177. The molecule has 3 aliphatic rings. The first-order chi connectivity index (χ1) is 11.8. The number of carbonyl (C=O) groups excluding carboxylic acids is 3. The number of imide groups is 2. The third kappa shape index (κ3) is 2.15. The number of pyridine rings is 1. The summed E-state index contributed by atoms with van der Waals surface area (Å²) in [6, 6.07) is 1.19. The summed E-state index contributed by atoms with van der Waals surface area (Å²) in [4.78, 5) is 42.8. The van der Waals surface area contributed by atoms with Gasteiger partial charge in [0.15, 0.2) is 5.41 Å². The van der Waals surface area contributed by atoms with E-state index in [0.717, 1.165) is 0 Å². The Bertz CT molecular complexity index is 778. The second kappa shape index (κ2) is 5.22. The van der Waals surface area contributed by atoms with Crippen molar-refractivity contribution >= 4 is 23.7 Å². The highest BCUT2D eigenvalue weighted by atomic mass is 19.1. The highest BCUT2D eigenvalue weighted by Crippen LogP contribution is 2.45. The Morgan fingerprint density at radius 3 is 2.60 bits per heavy atom. The molecule has 3 aliphatic heterocycles. The molecule has 2 fully saturated rings. The Balaban J connectivity index is 1.92. The average Bonchev–Trinajstić information content (AvgIpc) is 2.52. The van der Waals surface area contributed by atoms with Gasteiger partial charge in [0.05, 0.1) is 18.2 Å². The van der Waals surface area contributed by atoms with E-state index in [1.165, 1.54) is 12.1 Å². The van der Waals surface area contributed by atoms with E-state index in [0.29, 0.717) is 17.9 Å². The van der Waals surface area contributed by atoms with Crippen molar-refractivity contribution in [1.29, 1.82) is 0 Å². The Morgan fingerprint density at radius 1 is 1.24 bits per heavy atom. The predicted molar refractivity (Wildman–Crippen MR) is 83.2 cm³/mol. The number of carbonyl (C=O) groups is 3. The van der Waals surface area contributed by atoms with Crippen LogP contribution in [0.25, 0.3) is 0 Å². The molecule has 0 saturated carbocycles. The third-order valence-electron chi connectivity index (χ3n) is 5.11. The van der Waals surface area contributed by atoms with E-state index in [-0.39, 0.29) is 12.5 Å². The van der Waals surface area contributed by atoms with Crippen LogP contribution in [0.15, 0.2) is 12.1 Å². The van der Waals surface area contributed by atoms with Gasteiger partial charge in [0.25, 0.3) is 0 Å². The second-order valence-electron chi connectivity index (χ2n) is 6.75. The van der Waals surface area contributed by atoms with Gasteiger partial charge in [-0.1, -0.05) is 6.07 Å². The number of hydrogen-bond acceptors (Lipinski definition) is 6. The number of nitrogens with zero attached hydrogens (tertiary/aromatic N) is 2. The molecule has 4 amide bonds. The zero-order valence-electron chi connectivity index (χ0n) is 13.7. The molecule has 132 valence electrons. The van der Waals surface area contributed by atoms with Gasteiger partial charge in [-0.25, -0.2) is 9.78 Å². The molecule has 2 N–H and O–H groups in total. The van der Waals surface area contributed by atoms with Crippen molar-refractivity contribution in [1.82, 2.24) is 15.6 Å². The zero-order valence-corrected chi connectivity index (χ0v) is 13.7. The van der Waals surface area contributed by atoms with Gasteiger partial charge in [-0.05, 0) is 25.5 Å². The number of barbiturate groups is 1. The average molecular weight is 348 g/mol. The van der Waals surface area contributed by atoms with Crippen LogP contribution in [0.4, 0.5) is 15.0 Å². The Morgan fingerprint density at radius 2 is 1.92 bits per heavy atom. The second-order valence-corrected chi connectivity index (χ2v) is 6.75. The van der Waals surface area contributed by atoms with Crippen LogP contribution in [0.2, 0.25) is 0 Å². The van der Waals surface area contributed by atoms with Crippen molar-refractivity contribution < 1.29 is 23.5 Å². The van der Waals surface area contributed by atoms with Crippen LogP contribution in [0.5, 0.6) is 0 Å². The molecule has 25 heavy (non-hydrogen) atoms. The molecular formula is C16H17FN4O4. The van der Waals surface area contributed by atoms with E-state index in [1.807, 2.05) is 6.92 Å². The number of halogens is 1. The lowest BCUT2D eigenvalue weighted by Crippen LogP contribution is -2.75. The largest absolute Gasteiger partial charge is 0.372 e. The van der Waals surface area contributed by atoms with E-state index in [4.69, 9.17) is 4.74 Å². The summed E-state index contributed by atoms with van der Waals surface area (Å²) in [6.07, 6.45) is -0.661. The number of rotatable bonds is 0. The summed E-state index contributed by atoms with van der Waals surface area (Å²) in [7, 11) is 0. The molecule has 0 radical (unpaired) electrons. The minimum atomic E-state index is -1.54. The van der Waals surface area contributed by atoms with Crippen LogP contribution in [-0.2, 0) is 20.7 Å². The van der Waals surface area contributed by atoms with Crippen LogP contribution < -0.4 is 15.5 Å². The van der Waals surface area contributed by atoms with Crippen LogP contribution in [-0.4, -0.2) is 47.6 Å². The normalized spacial score (nSPS) is 30.4. The molecule has 8 nitrogen and oxygen atoms in total. The fourth-order valence-electron chi connectivity index (χ4n) is 4.25. The van der Waals surface area contributed by atoms with E-state index in [2.05, 4.69) is 15.6 Å².